The van der Waals surface area contributed by atoms with Crippen LogP contribution in [0.5, 0.6) is 0 Å². The van der Waals surface area contributed by atoms with Gasteiger partial charge in [-0.15, -0.1) is 0 Å². The molecule has 5 heteroatoms. The van der Waals surface area contributed by atoms with Crippen molar-refractivity contribution in [2.24, 2.45) is 5.73 Å². The van der Waals surface area contributed by atoms with Crippen LogP contribution < -0.4 is 10.6 Å². The molecule has 0 fully saturated rings. The van der Waals surface area contributed by atoms with E-state index in [1.807, 2.05) is 0 Å². The number of para-hydroxylation sites is 1. The SMILES string of the molecule is NCCCN(c1ccccc1F)c1ncccc1F. The third-order valence-electron chi connectivity index (χ3n) is 2.72. The van der Waals surface area contributed by atoms with E-state index >= 15 is 0 Å². The third kappa shape index (κ3) is 3.06. The number of hydrogen-bond acceptors (Lipinski definition) is 3. The molecule has 0 saturated heterocycles. The number of hydrogen-bond donors (Lipinski definition) is 1. The Labute approximate surface area is 110 Å². The van der Waals surface area contributed by atoms with Crippen LogP contribution in [-0.2, 0) is 0 Å². The topological polar surface area (TPSA) is 42.1 Å². The fourth-order valence-corrected chi connectivity index (χ4v) is 1.84. The van der Waals surface area contributed by atoms with E-state index in [-0.39, 0.29) is 5.82 Å². The van der Waals surface area contributed by atoms with Crippen LogP contribution in [0.2, 0.25) is 0 Å². The second-order valence-electron chi connectivity index (χ2n) is 4.05. The van der Waals surface area contributed by atoms with E-state index in [9.17, 15) is 8.78 Å². The van der Waals surface area contributed by atoms with E-state index in [0.29, 0.717) is 25.2 Å². The minimum atomic E-state index is -0.484. The molecule has 0 aliphatic rings. The van der Waals surface area contributed by atoms with Gasteiger partial charge in [0, 0.05) is 12.7 Å². The van der Waals surface area contributed by atoms with Crippen LogP contribution >= 0.6 is 0 Å². The standard InChI is InChI=1S/C14H15F2N3/c15-11-5-1-2-7-13(11)19(10-4-8-17)14-12(16)6-3-9-18-14/h1-3,5-7,9H,4,8,10,17H2. The van der Waals surface area contributed by atoms with Crippen molar-refractivity contribution in [2.45, 2.75) is 6.42 Å². The molecule has 0 atom stereocenters. The monoisotopic (exact) mass is 263 g/mol. The summed E-state index contributed by atoms with van der Waals surface area (Å²) in [7, 11) is 0. The van der Waals surface area contributed by atoms with Crippen LogP contribution in [0.3, 0.4) is 0 Å². The van der Waals surface area contributed by atoms with Crippen molar-refractivity contribution in [3.05, 3.63) is 54.2 Å². The number of nitrogens with two attached hydrogens (primary N) is 1. The summed E-state index contributed by atoms with van der Waals surface area (Å²) in [5.41, 5.74) is 5.77. The van der Waals surface area contributed by atoms with E-state index in [1.54, 1.807) is 18.2 Å². The number of benzene rings is 1. The molecule has 0 saturated carbocycles. The molecule has 2 aromatic rings. The third-order valence-corrected chi connectivity index (χ3v) is 2.72. The fourth-order valence-electron chi connectivity index (χ4n) is 1.84. The van der Waals surface area contributed by atoms with Crippen molar-refractivity contribution < 1.29 is 8.78 Å². The largest absolute Gasteiger partial charge is 0.330 e. The quantitative estimate of drug-likeness (QED) is 0.902. The molecule has 0 bridgehead atoms. The maximum atomic E-state index is 13.9. The van der Waals surface area contributed by atoms with E-state index in [0.717, 1.165) is 0 Å². The number of aromatic nitrogens is 1. The summed E-state index contributed by atoms with van der Waals surface area (Å²) in [6.07, 6.45) is 2.10. The Morgan fingerprint density at radius 3 is 2.47 bits per heavy atom. The Morgan fingerprint density at radius 1 is 1.05 bits per heavy atom. The first-order valence-electron chi connectivity index (χ1n) is 6.06. The summed E-state index contributed by atoms with van der Waals surface area (Å²) < 4.78 is 27.7. The first-order chi connectivity index (χ1) is 9.24. The van der Waals surface area contributed by atoms with Gasteiger partial charge in [0.15, 0.2) is 11.6 Å². The molecule has 2 rings (SSSR count). The van der Waals surface area contributed by atoms with E-state index in [2.05, 4.69) is 4.98 Å². The predicted octanol–water partition coefficient (Wildman–Crippen LogP) is 2.85. The zero-order valence-corrected chi connectivity index (χ0v) is 10.4. The summed E-state index contributed by atoms with van der Waals surface area (Å²) in [6, 6.07) is 9.04. The lowest BCUT2D eigenvalue weighted by Gasteiger charge is -2.24. The molecule has 0 unspecified atom stereocenters. The van der Waals surface area contributed by atoms with Crippen LogP contribution in [0.1, 0.15) is 6.42 Å². The van der Waals surface area contributed by atoms with Gasteiger partial charge in [-0.2, -0.15) is 0 Å². The first-order valence-corrected chi connectivity index (χ1v) is 6.06. The van der Waals surface area contributed by atoms with Crippen molar-refractivity contribution in [2.75, 3.05) is 18.0 Å². The van der Waals surface area contributed by atoms with Gasteiger partial charge < -0.3 is 10.6 Å². The molecular formula is C14H15F2N3. The average molecular weight is 263 g/mol. The minimum absolute atomic E-state index is 0.112. The van der Waals surface area contributed by atoms with Gasteiger partial charge >= 0.3 is 0 Å². The first kappa shape index (κ1) is 13.4. The molecule has 100 valence electrons. The van der Waals surface area contributed by atoms with Crippen molar-refractivity contribution in [3.63, 3.8) is 0 Å². The molecule has 0 aliphatic carbocycles. The molecule has 1 aromatic carbocycles. The molecule has 0 amide bonds. The highest BCUT2D eigenvalue weighted by Crippen LogP contribution is 2.27. The van der Waals surface area contributed by atoms with Gasteiger partial charge in [0.25, 0.3) is 0 Å². The van der Waals surface area contributed by atoms with Crippen LogP contribution in [0.4, 0.5) is 20.3 Å². The second-order valence-corrected chi connectivity index (χ2v) is 4.05. The Morgan fingerprint density at radius 2 is 1.79 bits per heavy atom. The summed E-state index contributed by atoms with van der Waals surface area (Å²) in [5, 5.41) is 0. The van der Waals surface area contributed by atoms with Crippen LogP contribution in [-0.4, -0.2) is 18.1 Å². The van der Waals surface area contributed by atoms with Gasteiger partial charge in [-0.3, -0.25) is 0 Å². The number of nitrogens with zero attached hydrogens (tertiary/aromatic N) is 2. The lowest BCUT2D eigenvalue weighted by molar-refractivity contribution is 0.604. The highest BCUT2D eigenvalue weighted by Gasteiger charge is 2.17. The fraction of sp³-hybridized carbons (Fsp3) is 0.214. The Bertz CT molecular complexity index is 500. The van der Waals surface area contributed by atoms with E-state index in [1.165, 1.54) is 29.3 Å². The molecule has 1 aromatic heterocycles. The van der Waals surface area contributed by atoms with Gasteiger partial charge in [0.05, 0.1) is 5.69 Å². The summed E-state index contributed by atoms with van der Waals surface area (Å²) in [6.45, 7) is 0.852. The molecule has 2 N–H and O–H groups in total. The average Bonchev–Trinajstić information content (AvgIpc) is 2.42. The van der Waals surface area contributed by atoms with Gasteiger partial charge in [-0.05, 0) is 37.2 Å². The molecule has 3 nitrogen and oxygen atoms in total. The number of rotatable bonds is 5. The Balaban J connectivity index is 2.42. The van der Waals surface area contributed by atoms with E-state index in [4.69, 9.17) is 5.73 Å². The van der Waals surface area contributed by atoms with Crippen molar-refractivity contribution in [1.82, 2.24) is 4.98 Å². The zero-order chi connectivity index (χ0) is 13.7. The van der Waals surface area contributed by atoms with Gasteiger partial charge in [-0.1, -0.05) is 12.1 Å². The molecule has 1 heterocycles. The molecule has 0 aliphatic heterocycles. The maximum absolute atomic E-state index is 13.9. The number of anilines is 2. The predicted molar refractivity (Wildman–Crippen MR) is 71.3 cm³/mol. The van der Waals surface area contributed by atoms with Crippen molar-refractivity contribution in [3.8, 4) is 0 Å². The Hall–Kier alpha value is -2.01. The van der Waals surface area contributed by atoms with Gasteiger partial charge in [0.2, 0.25) is 0 Å². The summed E-state index contributed by atoms with van der Waals surface area (Å²) in [4.78, 5) is 5.50. The molecule has 0 radical (unpaired) electrons. The van der Waals surface area contributed by atoms with Crippen LogP contribution in [0, 0.1) is 11.6 Å². The lowest BCUT2D eigenvalue weighted by Crippen LogP contribution is -2.23. The molecule has 19 heavy (non-hydrogen) atoms. The lowest BCUT2D eigenvalue weighted by atomic mass is 10.2. The maximum Gasteiger partial charge on any atom is 0.169 e. The normalized spacial score (nSPS) is 10.5. The Kier molecular flexibility index (Phi) is 4.41. The minimum Gasteiger partial charge on any atom is -0.330 e. The van der Waals surface area contributed by atoms with E-state index < -0.39 is 11.6 Å². The van der Waals surface area contributed by atoms with Crippen LogP contribution in [0.15, 0.2) is 42.6 Å². The van der Waals surface area contributed by atoms with Crippen molar-refractivity contribution in [1.29, 1.82) is 0 Å². The molecule has 0 spiro atoms. The van der Waals surface area contributed by atoms with Gasteiger partial charge in [0.1, 0.15) is 5.82 Å². The highest BCUT2D eigenvalue weighted by molar-refractivity contribution is 5.60. The summed E-state index contributed by atoms with van der Waals surface area (Å²) in [5.74, 6) is -0.784. The van der Waals surface area contributed by atoms with Crippen molar-refractivity contribution >= 4 is 11.5 Å². The van der Waals surface area contributed by atoms with Gasteiger partial charge in [-0.25, -0.2) is 13.8 Å². The number of pyridine rings is 1. The zero-order valence-electron chi connectivity index (χ0n) is 10.4. The molecular weight excluding hydrogens is 248 g/mol. The summed E-state index contributed by atoms with van der Waals surface area (Å²) >= 11 is 0. The van der Waals surface area contributed by atoms with Crippen LogP contribution in [0.25, 0.3) is 0 Å². The smallest absolute Gasteiger partial charge is 0.169 e. The highest BCUT2D eigenvalue weighted by atomic mass is 19.1. The number of halogens is 2. The second kappa shape index (κ2) is 6.24.